The monoisotopic (exact) mass is 366 g/mol. The second-order valence-corrected chi connectivity index (χ2v) is 6.82. The fourth-order valence-electron chi connectivity index (χ4n) is 3.50. The summed E-state index contributed by atoms with van der Waals surface area (Å²) in [4.78, 5) is 22.5. The van der Waals surface area contributed by atoms with Crippen LogP contribution in [0.4, 0.5) is 0 Å². The molecule has 0 atom stereocenters. The Hall–Kier alpha value is -3.10. The second-order valence-electron chi connectivity index (χ2n) is 6.82. The van der Waals surface area contributed by atoms with Crippen molar-refractivity contribution < 1.29 is 4.79 Å². The summed E-state index contributed by atoms with van der Waals surface area (Å²) in [5.74, 6) is 2.30. The lowest BCUT2D eigenvalue weighted by atomic mass is 9.95. The van der Waals surface area contributed by atoms with Crippen molar-refractivity contribution >= 4 is 5.91 Å². The number of nitrogens with zero attached hydrogens (tertiary/aromatic N) is 8. The van der Waals surface area contributed by atoms with Crippen molar-refractivity contribution in [2.75, 3.05) is 13.1 Å². The Labute approximate surface area is 157 Å². The van der Waals surface area contributed by atoms with Gasteiger partial charge in [0.25, 0.3) is 0 Å². The molecule has 1 amide bonds. The van der Waals surface area contributed by atoms with Gasteiger partial charge in [-0.15, -0.1) is 10.2 Å². The van der Waals surface area contributed by atoms with E-state index in [1.165, 1.54) is 6.33 Å². The highest BCUT2D eigenvalue weighted by Crippen LogP contribution is 2.27. The maximum absolute atomic E-state index is 12.5. The van der Waals surface area contributed by atoms with E-state index < -0.39 is 0 Å². The lowest BCUT2D eigenvalue weighted by Crippen LogP contribution is -2.39. The molecule has 9 heteroatoms. The van der Waals surface area contributed by atoms with Gasteiger partial charge in [0.2, 0.25) is 5.91 Å². The third-order valence-electron chi connectivity index (χ3n) is 5.06. The topological polar surface area (TPSA) is 94.6 Å². The Morgan fingerprint density at radius 1 is 1.22 bits per heavy atom. The summed E-state index contributed by atoms with van der Waals surface area (Å²) in [6.45, 7) is 2.04. The lowest BCUT2D eigenvalue weighted by Gasteiger charge is -2.31. The van der Waals surface area contributed by atoms with E-state index in [1.54, 1.807) is 23.4 Å². The van der Waals surface area contributed by atoms with Crippen molar-refractivity contribution in [3.63, 3.8) is 0 Å². The predicted molar refractivity (Wildman–Crippen MR) is 96.6 cm³/mol. The summed E-state index contributed by atoms with van der Waals surface area (Å²) >= 11 is 0. The SMILES string of the molecule is Cn1c(Cn2cncn2)nnc1C1CCN(C(=O)Cc2cccnc2)CC1. The molecular formula is C18H22N8O. The van der Waals surface area contributed by atoms with Gasteiger partial charge >= 0.3 is 0 Å². The molecular weight excluding hydrogens is 344 g/mol. The molecule has 1 saturated heterocycles. The standard InChI is InChI=1S/C18H22N8O/c1-24-16(11-26-13-20-12-21-26)22-23-18(24)15-4-7-25(8-5-15)17(27)9-14-3-2-6-19-10-14/h2-3,6,10,12-13,15H,4-5,7-9,11H2,1H3. The van der Waals surface area contributed by atoms with Crippen molar-refractivity contribution in [2.45, 2.75) is 31.7 Å². The van der Waals surface area contributed by atoms with Gasteiger partial charge in [-0.1, -0.05) is 6.07 Å². The zero-order chi connectivity index (χ0) is 18.6. The molecule has 3 aromatic rings. The molecule has 9 nitrogen and oxygen atoms in total. The molecule has 0 spiro atoms. The lowest BCUT2D eigenvalue weighted by molar-refractivity contribution is -0.131. The van der Waals surface area contributed by atoms with E-state index in [9.17, 15) is 4.79 Å². The van der Waals surface area contributed by atoms with Crippen LogP contribution in [0.25, 0.3) is 0 Å². The van der Waals surface area contributed by atoms with Gasteiger partial charge in [-0.05, 0) is 24.5 Å². The number of aromatic nitrogens is 7. The first-order valence-corrected chi connectivity index (χ1v) is 9.08. The average Bonchev–Trinajstić information content (AvgIpc) is 3.34. The van der Waals surface area contributed by atoms with E-state index >= 15 is 0 Å². The number of hydrogen-bond acceptors (Lipinski definition) is 6. The molecule has 27 heavy (non-hydrogen) atoms. The number of likely N-dealkylation sites (tertiary alicyclic amines) is 1. The highest BCUT2D eigenvalue weighted by molar-refractivity contribution is 5.78. The van der Waals surface area contributed by atoms with Gasteiger partial charge in [0.05, 0.1) is 6.42 Å². The molecule has 1 aliphatic rings. The van der Waals surface area contributed by atoms with Gasteiger partial charge in [0.15, 0.2) is 5.82 Å². The van der Waals surface area contributed by atoms with Crippen LogP contribution in [0.3, 0.4) is 0 Å². The quantitative estimate of drug-likeness (QED) is 0.663. The molecule has 4 heterocycles. The average molecular weight is 366 g/mol. The van der Waals surface area contributed by atoms with Gasteiger partial charge in [-0.2, -0.15) is 5.10 Å². The summed E-state index contributed by atoms with van der Waals surface area (Å²) < 4.78 is 3.77. The predicted octanol–water partition coefficient (Wildman–Crippen LogP) is 0.799. The van der Waals surface area contributed by atoms with Crippen molar-refractivity contribution in [1.29, 1.82) is 0 Å². The second kappa shape index (κ2) is 7.65. The minimum atomic E-state index is 0.159. The zero-order valence-corrected chi connectivity index (χ0v) is 15.3. The molecule has 1 fully saturated rings. The number of piperidine rings is 1. The van der Waals surface area contributed by atoms with Gasteiger partial charge in [0, 0.05) is 38.4 Å². The molecule has 0 N–H and O–H groups in total. The maximum Gasteiger partial charge on any atom is 0.227 e. The number of carbonyl (C=O) groups excluding carboxylic acids is 1. The fraction of sp³-hybridized carbons (Fsp3) is 0.444. The molecule has 140 valence electrons. The van der Waals surface area contributed by atoms with Crippen molar-refractivity contribution in [1.82, 2.24) is 39.4 Å². The van der Waals surface area contributed by atoms with E-state index in [4.69, 9.17) is 0 Å². The molecule has 4 rings (SSSR count). The molecule has 0 radical (unpaired) electrons. The Bertz CT molecular complexity index is 881. The van der Waals surface area contributed by atoms with Gasteiger partial charge < -0.3 is 9.47 Å². The smallest absolute Gasteiger partial charge is 0.227 e. The summed E-state index contributed by atoms with van der Waals surface area (Å²) in [6, 6.07) is 3.80. The van der Waals surface area contributed by atoms with E-state index in [1.807, 2.05) is 28.6 Å². The van der Waals surface area contributed by atoms with Crippen LogP contribution in [0.2, 0.25) is 0 Å². The summed E-state index contributed by atoms with van der Waals surface area (Å²) in [5, 5.41) is 12.8. The summed E-state index contributed by atoms with van der Waals surface area (Å²) in [7, 11) is 1.99. The largest absolute Gasteiger partial charge is 0.342 e. The molecule has 0 saturated carbocycles. The van der Waals surface area contributed by atoms with Crippen LogP contribution in [0.15, 0.2) is 37.2 Å². The van der Waals surface area contributed by atoms with Crippen molar-refractivity contribution in [2.24, 2.45) is 7.05 Å². The number of hydrogen-bond donors (Lipinski definition) is 0. The molecule has 0 bridgehead atoms. The first-order valence-electron chi connectivity index (χ1n) is 9.08. The highest BCUT2D eigenvalue weighted by atomic mass is 16.2. The molecule has 1 aliphatic heterocycles. The van der Waals surface area contributed by atoms with Crippen LogP contribution in [0, 0.1) is 0 Å². The summed E-state index contributed by atoms with van der Waals surface area (Å²) in [6.07, 6.45) is 8.85. The highest BCUT2D eigenvalue weighted by Gasteiger charge is 2.27. The number of amides is 1. The third-order valence-corrected chi connectivity index (χ3v) is 5.06. The summed E-state index contributed by atoms with van der Waals surface area (Å²) in [5.41, 5.74) is 0.954. The third kappa shape index (κ3) is 3.86. The van der Waals surface area contributed by atoms with E-state index in [0.717, 1.165) is 43.1 Å². The van der Waals surface area contributed by atoms with Crippen LogP contribution in [-0.4, -0.2) is 58.4 Å². The Morgan fingerprint density at radius 2 is 2.07 bits per heavy atom. The Kier molecular flexibility index (Phi) is 4.91. The normalized spacial score (nSPS) is 15.2. The van der Waals surface area contributed by atoms with Gasteiger partial charge in [0.1, 0.15) is 25.0 Å². The van der Waals surface area contributed by atoms with Crippen LogP contribution < -0.4 is 0 Å². The molecule has 0 aliphatic carbocycles. The van der Waals surface area contributed by atoms with Crippen molar-refractivity contribution in [3.05, 3.63) is 54.4 Å². The maximum atomic E-state index is 12.5. The number of pyridine rings is 1. The minimum absolute atomic E-state index is 0.159. The molecule has 3 aromatic heterocycles. The van der Waals surface area contributed by atoms with Gasteiger partial charge in [-0.25, -0.2) is 9.67 Å². The van der Waals surface area contributed by atoms with E-state index in [0.29, 0.717) is 18.9 Å². The Balaban J connectivity index is 1.35. The van der Waals surface area contributed by atoms with Crippen LogP contribution >= 0.6 is 0 Å². The van der Waals surface area contributed by atoms with Crippen LogP contribution in [0.5, 0.6) is 0 Å². The van der Waals surface area contributed by atoms with Crippen LogP contribution in [-0.2, 0) is 24.8 Å². The molecule has 0 unspecified atom stereocenters. The first-order chi connectivity index (χ1) is 13.2. The van der Waals surface area contributed by atoms with Crippen LogP contribution in [0.1, 0.15) is 36.0 Å². The van der Waals surface area contributed by atoms with Gasteiger partial charge in [-0.3, -0.25) is 9.78 Å². The fourth-order valence-corrected chi connectivity index (χ4v) is 3.50. The number of carbonyl (C=O) groups is 1. The van der Waals surface area contributed by atoms with E-state index in [-0.39, 0.29) is 5.91 Å². The first kappa shape index (κ1) is 17.3. The minimum Gasteiger partial charge on any atom is -0.342 e. The Morgan fingerprint density at radius 3 is 2.78 bits per heavy atom. The number of rotatable bonds is 5. The van der Waals surface area contributed by atoms with E-state index in [2.05, 4.69) is 25.3 Å². The molecule has 0 aromatic carbocycles. The zero-order valence-electron chi connectivity index (χ0n) is 15.3. The van der Waals surface area contributed by atoms with Crippen molar-refractivity contribution in [3.8, 4) is 0 Å².